The van der Waals surface area contributed by atoms with Gasteiger partial charge in [0.2, 0.25) is 11.8 Å². The number of imidazole rings is 1. The summed E-state index contributed by atoms with van der Waals surface area (Å²) in [6, 6.07) is 11.0. The first-order valence-electron chi connectivity index (χ1n) is 8.12. The minimum absolute atomic E-state index is 0.0948. The van der Waals surface area contributed by atoms with Crippen molar-refractivity contribution < 1.29 is 9.53 Å². The fraction of sp³-hybridized carbons (Fsp3) is 0.278. The molecule has 7 nitrogen and oxygen atoms in total. The van der Waals surface area contributed by atoms with Crippen LogP contribution in [-0.2, 0) is 17.9 Å². The lowest BCUT2D eigenvalue weighted by Crippen LogP contribution is -2.25. The zero-order valence-electron chi connectivity index (χ0n) is 14.2. The molecule has 0 unspecified atom stereocenters. The molecule has 3 aromatic rings. The summed E-state index contributed by atoms with van der Waals surface area (Å²) in [7, 11) is 1.53. The summed E-state index contributed by atoms with van der Waals surface area (Å²) in [5.74, 6) is 0.309. The quantitative estimate of drug-likeness (QED) is 0.746. The number of nitrogens with one attached hydrogen (secondary N) is 1. The molecule has 0 spiro atoms. The van der Waals surface area contributed by atoms with E-state index in [2.05, 4.69) is 10.3 Å². The standard InChI is InChI=1S/C18H20N4O3/c1-3-21-14-6-4-5-7-15(14)22(18(21)24)11-10-16(23)20-13-8-9-17(25-2)19-12-13/h4-9,12H,3,10-11H2,1-2H3,(H,20,23). The van der Waals surface area contributed by atoms with Crippen LogP contribution in [0.2, 0.25) is 0 Å². The highest BCUT2D eigenvalue weighted by Gasteiger charge is 2.12. The molecule has 3 rings (SSSR count). The van der Waals surface area contributed by atoms with Crippen molar-refractivity contribution in [1.29, 1.82) is 0 Å². The third kappa shape index (κ3) is 3.40. The van der Waals surface area contributed by atoms with Crippen molar-refractivity contribution in [1.82, 2.24) is 14.1 Å². The van der Waals surface area contributed by atoms with Crippen LogP contribution in [-0.4, -0.2) is 27.1 Å². The maximum Gasteiger partial charge on any atom is 0.329 e. The van der Waals surface area contributed by atoms with Gasteiger partial charge in [0, 0.05) is 25.6 Å². The highest BCUT2D eigenvalue weighted by atomic mass is 16.5. The summed E-state index contributed by atoms with van der Waals surface area (Å²) in [5.41, 5.74) is 2.22. The van der Waals surface area contributed by atoms with E-state index in [0.717, 1.165) is 11.0 Å². The fourth-order valence-electron chi connectivity index (χ4n) is 2.81. The number of amides is 1. The molecule has 0 aliphatic heterocycles. The molecule has 0 saturated carbocycles. The van der Waals surface area contributed by atoms with Crippen LogP contribution in [0.4, 0.5) is 5.69 Å². The number of hydrogen-bond donors (Lipinski definition) is 1. The van der Waals surface area contributed by atoms with E-state index in [9.17, 15) is 9.59 Å². The zero-order chi connectivity index (χ0) is 17.8. The summed E-state index contributed by atoms with van der Waals surface area (Å²) in [6.45, 7) is 2.85. The minimum atomic E-state index is -0.174. The number of aryl methyl sites for hydroxylation is 2. The van der Waals surface area contributed by atoms with Gasteiger partial charge in [-0.15, -0.1) is 0 Å². The van der Waals surface area contributed by atoms with Crippen molar-refractivity contribution >= 4 is 22.6 Å². The zero-order valence-corrected chi connectivity index (χ0v) is 14.2. The first kappa shape index (κ1) is 16.8. The molecule has 0 atom stereocenters. The Bertz CT molecular complexity index is 941. The van der Waals surface area contributed by atoms with Crippen LogP contribution in [0, 0.1) is 0 Å². The second-order valence-electron chi connectivity index (χ2n) is 5.55. The number of aromatic nitrogens is 3. The Labute approximate surface area is 144 Å². The highest BCUT2D eigenvalue weighted by Crippen LogP contribution is 2.14. The first-order valence-corrected chi connectivity index (χ1v) is 8.12. The average molecular weight is 340 g/mol. The number of pyridine rings is 1. The Morgan fingerprint density at radius 3 is 2.48 bits per heavy atom. The first-order chi connectivity index (χ1) is 12.1. The van der Waals surface area contributed by atoms with Gasteiger partial charge < -0.3 is 10.1 Å². The number of methoxy groups -OCH3 is 1. The number of anilines is 1. The van der Waals surface area contributed by atoms with E-state index in [4.69, 9.17) is 4.74 Å². The molecule has 1 aromatic carbocycles. The molecule has 7 heteroatoms. The summed E-state index contributed by atoms with van der Waals surface area (Å²) >= 11 is 0. The number of para-hydroxylation sites is 2. The summed E-state index contributed by atoms with van der Waals surface area (Å²) in [5, 5.41) is 2.77. The Balaban J connectivity index is 1.73. The number of carbonyl (C=O) groups is 1. The molecule has 0 bridgehead atoms. The number of benzene rings is 1. The van der Waals surface area contributed by atoms with Gasteiger partial charge in [0.25, 0.3) is 0 Å². The molecule has 0 aliphatic rings. The predicted octanol–water partition coefficient (Wildman–Crippen LogP) is 2.26. The topological polar surface area (TPSA) is 78.2 Å². The smallest absolute Gasteiger partial charge is 0.329 e. The maximum absolute atomic E-state index is 12.5. The van der Waals surface area contributed by atoms with E-state index >= 15 is 0 Å². The van der Waals surface area contributed by atoms with Crippen molar-refractivity contribution in [2.45, 2.75) is 26.4 Å². The molecule has 2 heterocycles. The highest BCUT2D eigenvalue weighted by molar-refractivity contribution is 5.90. The lowest BCUT2D eigenvalue weighted by molar-refractivity contribution is -0.116. The van der Waals surface area contributed by atoms with Crippen LogP contribution < -0.4 is 15.7 Å². The van der Waals surface area contributed by atoms with Gasteiger partial charge in [-0.2, -0.15) is 0 Å². The molecule has 2 aromatic heterocycles. The predicted molar refractivity (Wildman–Crippen MR) is 95.9 cm³/mol. The number of hydrogen-bond acceptors (Lipinski definition) is 4. The Hall–Kier alpha value is -3.09. The summed E-state index contributed by atoms with van der Waals surface area (Å²) in [4.78, 5) is 28.7. The third-order valence-electron chi connectivity index (χ3n) is 4.03. The van der Waals surface area contributed by atoms with Crippen LogP contribution in [0.3, 0.4) is 0 Å². The Morgan fingerprint density at radius 2 is 1.88 bits per heavy atom. The number of ether oxygens (including phenoxy) is 1. The molecule has 25 heavy (non-hydrogen) atoms. The largest absolute Gasteiger partial charge is 0.481 e. The molecule has 130 valence electrons. The van der Waals surface area contributed by atoms with Crippen LogP contribution in [0.1, 0.15) is 13.3 Å². The normalized spacial score (nSPS) is 10.8. The van der Waals surface area contributed by atoms with Crippen molar-refractivity contribution in [2.75, 3.05) is 12.4 Å². The maximum atomic E-state index is 12.5. The van der Waals surface area contributed by atoms with Crippen molar-refractivity contribution in [3.05, 3.63) is 53.1 Å². The molecular formula is C18H20N4O3. The van der Waals surface area contributed by atoms with Gasteiger partial charge in [0.05, 0.1) is 30.0 Å². The van der Waals surface area contributed by atoms with Gasteiger partial charge in [-0.1, -0.05) is 12.1 Å². The van der Waals surface area contributed by atoms with Gasteiger partial charge in [0.15, 0.2) is 0 Å². The van der Waals surface area contributed by atoms with Crippen LogP contribution in [0.5, 0.6) is 5.88 Å². The minimum Gasteiger partial charge on any atom is -0.481 e. The van der Waals surface area contributed by atoms with Gasteiger partial charge in [-0.05, 0) is 25.1 Å². The molecule has 0 fully saturated rings. The van der Waals surface area contributed by atoms with E-state index in [0.29, 0.717) is 24.7 Å². The molecule has 0 saturated heterocycles. The number of carbonyl (C=O) groups excluding carboxylic acids is 1. The third-order valence-corrected chi connectivity index (χ3v) is 4.03. The van der Waals surface area contributed by atoms with Crippen LogP contribution in [0.15, 0.2) is 47.4 Å². The lowest BCUT2D eigenvalue weighted by atomic mass is 10.3. The fourth-order valence-corrected chi connectivity index (χ4v) is 2.81. The van der Waals surface area contributed by atoms with Gasteiger partial charge >= 0.3 is 5.69 Å². The molecule has 0 radical (unpaired) electrons. The van der Waals surface area contributed by atoms with Gasteiger partial charge in [-0.25, -0.2) is 9.78 Å². The Kier molecular flexibility index (Phi) is 4.83. The second kappa shape index (κ2) is 7.21. The van der Waals surface area contributed by atoms with Crippen molar-refractivity contribution in [3.63, 3.8) is 0 Å². The number of rotatable bonds is 6. The molecule has 1 N–H and O–H groups in total. The van der Waals surface area contributed by atoms with E-state index in [1.54, 1.807) is 21.3 Å². The summed E-state index contributed by atoms with van der Waals surface area (Å²) in [6.07, 6.45) is 1.73. The van der Waals surface area contributed by atoms with Crippen LogP contribution >= 0.6 is 0 Å². The molecule has 0 aliphatic carbocycles. The van der Waals surface area contributed by atoms with E-state index < -0.39 is 0 Å². The monoisotopic (exact) mass is 340 g/mol. The number of nitrogens with zero attached hydrogens (tertiary/aromatic N) is 3. The van der Waals surface area contributed by atoms with Crippen molar-refractivity contribution in [2.24, 2.45) is 0 Å². The van der Waals surface area contributed by atoms with Crippen LogP contribution in [0.25, 0.3) is 11.0 Å². The number of fused-ring (bicyclic) bond motifs is 1. The van der Waals surface area contributed by atoms with Gasteiger partial charge in [-0.3, -0.25) is 13.9 Å². The van der Waals surface area contributed by atoms with E-state index in [1.807, 2.05) is 31.2 Å². The lowest BCUT2D eigenvalue weighted by Gasteiger charge is -2.06. The van der Waals surface area contributed by atoms with E-state index in [1.165, 1.54) is 13.3 Å². The van der Waals surface area contributed by atoms with Gasteiger partial charge in [0.1, 0.15) is 0 Å². The molecular weight excluding hydrogens is 320 g/mol. The second-order valence-corrected chi connectivity index (χ2v) is 5.55. The summed E-state index contributed by atoms with van der Waals surface area (Å²) < 4.78 is 8.33. The Morgan fingerprint density at radius 1 is 1.16 bits per heavy atom. The van der Waals surface area contributed by atoms with Crippen molar-refractivity contribution in [3.8, 4) is 5.88 Å². The SMILES string of the molecule is CCn1c(=O)n(CCC(=O)Nc2ccc(OC)nc2)c2ccccc21. The van der Waals surface area contributed by atoms with E-state index in [-0.39, 0.29) is 18.0 Å². The molecule has 1 amide bonds. The average Bonchev–Trinajstić information content (AvgIpc) is 2.91.